The first kappa shape index (κ1) is 14.5. The molecule has 1 unspecified atom stereocenters. The standard InChI is InChI=1S/C14H21NO3/c1-4-18-13-7-5-12(6-8-13)9-10-15(3)14(17)11(2)16/h5-8,11,16H,4,9-10H2,1-3H3. The van der Waals surface area contributed by atoms with E-state index < -0.39 is 6.10 Å². The highest BCUT2D eigenvalue weighted by molar-refractivity contribution is 5.79. The van der Waals surface area contributed by atoms with E-state index in [4.69, 9.17) is 4.74 Å². The second-order valence-electron chi connectivity index (χ2n) is 4.26. The van der Waals surface area contributed by atoms with Gasteiger partial charge in [-0.3, -0.25) is 4.79 Å². The summed E-state index contributed by atoms with van der Waals surface area (Å²) in [5, 5.41) is 9.18. The minimum atomic E-state index is -0.935. The van der Waals surface area contributed by atoms with Crippen LogP contribution in [-0.2, 0) is 11.2 Å². The minimum absolute atomic E-state index is 0.249. The van der Waals surface area contributed by atoms with E-state index >= 15 is 0 Å². The molecule has 0 heterocycles. The van der Waals surface area contributed by atoms with Crippen LogP contribution in [0.4, 0.5) is 0 Å². The van der Waals surface area contributed by atoms with Crippen LogP contribution in [0.25, 0.3) is 0 Å². The third-order valence-electron chi connectivity index (χ3n) is 2.70. The van der Waals surface area contributed by atoms with Crippen molar-refractivity contribution in [2.75, 3.05) is 20.2 Å². The van der Waals surface area contributed by atoms with Crippen LogP contribution in [0.2, 0.25) is 0 Å². The van der Waals surface area contributed by atoms with Gasteiger partial charge < -0.3 is 14.7 Å². The lowest BCUT2D eigenvalue weighted by Gasteiger charge is -2.18. The summed E-state index contributed by atoms with van der Waals surface area (Å²) in [5.41, 5.74) is 1.14. The van der Waals surface area contributed by atoms with Crippen LogP contribution in [0.3, 0.4) is 0 Å². The van der Waals surface area contributed by atoms with Gasteiger partial charge in [0.1, 0.15) is 11.9 Å². The van der Waals surface area contributed by atoms with E-state index in [9.17, 15) is 9.90 Å². The fraction of sp³-hybridized carbons (Fsp3) is 0.500. The molecule has 0 radical (unpaired) electrons. The van der Waals surface area contributed by atoms with E-state index in [-0.39, 0.29) is 5.91 Å². The van der Waals surface area contributed by atoms with Crippen LogP contribution in [0.1, 0.15) is 19.4 Å². The highest BCUT2D eigenvalue weighted by Crippen LogP contribution is 2.12. The summed E-state index contributed by atoms with van der Waals surface area (Å²) in [5.74, 6) is 0.607. The number of amides is 1. The van der Waals surface area contributed by atoms with E-state index in [1.54, 1.807) is 11.9 Å². The lowest BCUT2D eigenvalue weighted by atomic mass is 10.1. The molecule has 100 valence electrons. The number of likely N-dealkylation sites (N-methyl/N-ethyl adjacent to an activating group) is 1. The number of carbonyl (C=O) groups excluding carboxylic acids is 1. The average molecular weight is 251 g/mol. The maximum atomic E-state index is 11.5. The van der Waals surface area contributed by atoms with Gasteiger partial charge in [0, 0.05) is 13.6 Å². The summed E-state index contributed by atoms with van der Waals surface area (Å²) in [7, 11) is 1.70. The summed E-state index contributed by atoms with van der Waals surface area (Å²) in [4.78, 5) is 13.0. The Morgan fingerprint density at radius 1 is 1.39 bits per heavy atom. The molecule has 1 aromatic carbocycles. The quantitative estimate of drug-likeness (QED) is 0.833. The van der Waals surface area contributed by atoms with E-state index in [1.165, 1.54) is 6.92 Å². The predicted octanol–water partition coefficient (Wildman–Crippen LogP) is 1.47. The smallest absolute Gasteiger partial charge is 0.250 e. The number of ether oxygens (including phenoxy) is 1. The molecule has 0 aliphatic carbocycles. The molecule has 0 fully saturated rings. The second-order valence-corrected chi connectivity index (χ2v) is 4.26. The highest BCUT2D eigenvalue weighted by Gasteiger charge is 2.13. The molecular weight excluding hydrogens is 230 g/mol. The Kier molecular flexibility index (Phi) is 5.65. The Hall–Kier alpha value is -1.55. The fourth-order valence-corrected chi connectivity index (χ4v) is 1.64. The maximum Gasteiger partial charge on any atom is 0.250 e. The molecule has 4 heteroatoms. The second kappa shape index (κ2) is 7.01. The molecule has 0 aliphatic rings. The molecule has 0 aliphatic heterocycles. The molecule has 1 rings (SSSR count). The topological polar surface area (TPSA) is 49.8 Å². The third-order valence-corrected chi connectivity index (χ3v) is 2.70. The zero-order chi connectivity index (χ0) is 13.5. The summed E-state index contributed by atoms with van der Waals surface area (Å²) < 4.78 is 5.36. The Bertz CT molecular complexity index is 373. The van der Waals surface area contributed by atoms with Crippen LogP contribution in [0, 0.1) is 0 Å². The largest absolute Gasteiger partial charge is 0.494 e. The number of aliphatic hydroxyl groups excluding tert-OH is 1. The van der Waals surface area contributed by atoms with Crippen LogP contribution in [-0.4, -0.2) is 42.2 Å². The summed E-state index contributed by atoms with van der Waals surface area (Å²) in [6.45, 7) is 4.68. The van der Waals surface area contributed by atoms with Crippen molar-refractivity contribution in [3.63, 3.8) is 0 Å². The summed E-state index contributed by atoms with van der Waals surface area (Å²) >= 11 is 0. The van der Waals surface area contributed by atoms with Crippen molar-refractivity contribution in [2.24, 2.45) is 0 Å². The van der Waals surface area contributed by atoms with Gasteiger partial charge in [-0.05, 0) is 38.0 Å². The Morgan fingerprint density at radius 2 is 2.00 bits per heavy atom. The Labute approximate surface area is 108 Å². The van der Waals surface area contributed by atoms with E-state index in [1.807, 2.05) is 31.2 Å². The monoisotopic (exact) mass is 251 g/mol. The third kappa shape index (κ3) is 4.37. The molecule has 1 amide bonds. The molecule has 1 N–H and O–H groups in total. The predicted molar refractivity (Wildman–Crippen MR) is 70.6 cm³/mol. The Balaban J connectivity index is 2.46. The number of nitrogens with zero attached hydrogens (tertiary/aromatic N) is 1. The molecular formula is C14H21NO3. The number of hydrogen-bond acceptors (Lipinski definition) is 3. The van der Waals surface area contributed by atoms with Crippen molar-refractivity contribution >= 4 is 5.91 Å². The number of rotatable bonds is 6. The van der Waals surface area contributed by atoms with Crippen molar-refractivity contribution < 1.29 is 14.6 Å². The lowest BCUT2D eigenvalue weighted by molar-refractivity contribution is -0.137. The van der Waals surface area contributed by atoms with Gasteiger partial charge in [0.15, 0.2) is 0 Å². The summed E-state index contributed by atoms with van der Waals surface area (Å²) in [6, 6.07) is 7.84. The normalized spacial score (nSPS) is 12.0. The number of aliphatic hydroxyl groups is 1. The first-order valence-electron chi connectivity index (χ1n) is 6.19. The zero-order valence-electron chi connectivity index (χ0n) is 11.2. The van der Waals surface area contributed by atoms with E-state index in [2.05, 4.69) is 0 Å². The SMILES string of the molecule is CCOc1ccc(CCN(C)C(=O)C(C)O)cc1. The van der Waals surface area contributed by atoms with Crippen molar-refractivity contribution in [1.29, 1.82) is 0 Å². The van der Waals surface area contributed by atoms with Gasteiger partial charge >= 0.3 is 0 Å². The van der Waals surface area contributed by atoms with Crippen molar-refractivity contribution in [1.82, 2.24) is 4.90 Å². The van der Waals surface area contributed by atoms with Crippen molar-refractivity contribution in [3.8, 4) is 5.75 Å². The van der Waals surface area contributed by atoms with E-state index in [0.29, 0.717) is 13.2 Å². The average Bonchev–Trinajstić information content (AvgIpc) is 2.37. The molecule has 0 saturated carbocycles. The van der Waals surface area contributed by atoms with Gasteiger partial charge in [0.25, 0.3) is 5.91 Å². The molecule has 18 heavy (non-hydrogen) atoms. The highest BCUT2D eigenvalue weighted by atomic mass is 16.5. The van der Waals surface area contributed by atoms with Gasteiger partial charge in [-0.1, -0.05) is 12.1 Å². The number of benzene rings is 1. The molecule has 0 bridgehead atoms. The number of carbonyl (C=O) groups is 1. The van der Waals surface area contributed by atoms with Crippen LogP contribution >= 0.6 is 0 Å². The maximum absolute atomic E-state index is 11.5. The fourth-order valence-electron chi connectivity index (χ4n) is 1.64. The molecule has 0 aromatic heterocycles. The van der Waals surface area contributed by atoms with Crippen LogP contribution in [0.15, 0.2) is 24.3 Å². The van der Waals surface area contributed by atoms with Crippen LogP contribution < -0.4 is 4.74 Å². The van der Waals surface area contributed by atoms with Gasteiger partial charge in [0.2, 0.25) is 0 Å². The Morgan fingerprint density at radius 3 is 2.50 bits per heavy atom. The van der Waals surface area contributed by atoms with Gasteiger partial charge in [-0.2, -0.15) is 0 Å². The molecule has 1 atom stereocenters. The summed E-state index contributed by atoms with van der Waals surface area (Å²) in [6.07, 6.45) is -0.170. The molecule has 1 aromatic rings. The lowest BCUT2D eigenvalue weighted by Crippen LogP contribution is -2.35. The van der Waals surface area contributed by atoms with Crippen molar-refractivity contribution in [2.45, 2.75) is 26.4 Å². The van der Waals surface area contributed by atoms with Gasteiger partial charge in [-0.15, -0.1) is 0 Å². The molecule has 0 spiro atoms. The zero-order valence-corrected chi connectivity index (χ0v) is 11.2. The first-order valence-corrected chi connectivity index (χ1v) is 6.19. The molecule has 4 nitrogen and oxygen atoms in total. The number of hydrogen-bond donors (Lipinski definition) is 1. The molecule has 0 saturated heterocycles. The van der Waals surface area contributed by atoms with E-state index in [0.717, 1.165) is 17.7 Å². The minimum Gasteiger partial charge on any atom is -0.494 e. The van der Waals surface area contributed by atoms with Gasteiger partial charge in [-0.25, -0.2) is 0 Å². The first-order chi connectivity index (χ1) is 8.54. The van der Waals surface area contributed by atoms with Crippen molar-refractivity contribution in [3.05, 3.63) is 29.8 Å². The van der Waals surface area contributed by atoms with Gasteiger partial charge in [0.05, 0.1) is 6.61 Å². The van der Waals surface area contributed by atoms with Crippen LogP contribution in [0.5, 0.6) is 5.75 Å².